The molecule has 1 fully saturated rings. The van der Waals surface area contributed by atoms with Crippen molar-refractivity contribution in [2.75, 3.05) is 0 Å². The summed E-state index contributed by atoms with van der Waals surface area (Å²) < 4.78 is 11.7. The second-order valence-electron chi connectivity index (χ2n) is 6.33. The highest BCUT2D eigenvalue weighted by Gasteiger charge is 2.32. The Balaban J connectivity index is 1.45. The van der Waals surface area contributed by atoms with Crippen molar-refractivity contribution >= 4 is 51.9 Å². The molecule has 0 N–H and O–H groups in total. The lowest BCUT2D eigenvalue weighted by molar-refractivity contribution is -0.122. The van der Waals surface area contributed by atoms with Crippen LogP contribution in [0.1, 0.15) is 16.9 Å². The molecule has 0 spiro atoms. The van der Waals surface area contributed by atoms with Crippen molar-refractivity contribution in [3.8, 4) is 5.75 Å². The van der Waals surface area contributed by atoms with Gasteiger partial charge in [0.2, 0.25) is 0 Å². The first-order valence-electron chi connectivity index (χ1n) is 8.83. The van der Waals surface area contributed by atoms with Crippen LogP contribution in [0.4, 0.5) is 0 Å². The van der Waals surface area contributed by atoms with E-state index in [0.717, 1.165) is 16.9 Å². The Labute approximate surface area is 183 Å². The standard InChI is InChI=1S/C22H16ClNO3S2/c23-17-8-6-15(7-9-17)14-27-18-4-1-3-16(11-18)12-20-21(25)24(22(28)29-20)13-19-5-2-10-26-19/h1-12H,13-14H2. The Morgan fingerprint density at radius 1 is 1.14 bits per heavy atom. The van der Waals surface area contributed by atoms with E-state index in [9.17, 15) is 4.79 Å². The zero-order valence-electron chi connectivity index (χ0n) is 15.2. The number of carbonyl (C=O) groups excluding carboxylic acids is 1. The third kappa shape index (κ3) is 4.90. The molecule has 1 amide bonds. The Morgan fingerprint density at radius 3 is 2.72 bits per heavy atom. The molecule has 0 aliphatic carbocycles. The lowest BCUT2D eigenvalue weighted by Gasteiger charge is -2.12. The Kier molecular flexibility index (Phi) is 6.04. The van der Waals surface area contributed by atoms with E-state index in [-0.39, 0.29) is 5.91 Å². The Morgan fingerprint density at radius 2 is 1.97 bits per heavy atom. The molecule has 0 bridgehead atoms. The van der Waals surface area contributed by atoms with Crippen molar-refractivity contribution in [2.45, 2.75) is 13.2 Å². The fourth-order valence-corrected chi connectivity index (χ4v) is 4.17. The average Bonchev–Trinajstić information content (AvgIpc) is 3.32. The summed E-state index contributed by atoms with van der Waals surface area (Å²) in [5.41, 5.74) is 1.90. The molecule has 2 heterocycles. The molecule has 7 heteroatoms. The maximum Gasteiger partial charge on any atom is 0.266 e. The van der Waals surface area contributed by atoms with Crippen LogP contribution >= 0.6 is 35.6 Å². The van der Waals surface area contributed by atoms with Crippen LogP contribution in [0.5, 0.6) is 5.75 Å². The summed E-state index contributed by atoms with van der Waals surface area (Å²) in [7, 11) is 0. The summed E-state index contributed by atoms with van der Waals surface area (Å²) in [6.45, 7) is 0.769. The number of benzene rings is 2. The lowest BCUT2D eigenvalue weighted by atomic mass is 10.2. The smallest absolute Gasteiger partial charge is 0.266 e. The molecular formula is C22H16ClNO3S2. The van der Waals surface area contributed by atoms with E-state index in [1.54, 1.807) is 17.2 Å². The van der Waals surface area contributed by atoms with E-state index in [1.807, 2.05) is 60.7 Å². The molecule has 146 valence electrons. The maximum absolute atomic E-state index is 12.7. The maximum atomic E-state index is 12.7. The number of ether oxygens (including phenoxy) is 1. The van der Waals surface area contributed by atoms with E-state index >= 15 is 0 Å². The molecule has 3 aromatic rings. The topological polar surface area (TPSA) is 42.7 Å². The monoisotopic (exact) mass is 441 g/mol. The molecule has 1 aliphatic rings. The molecule has 1 aromatic heterocycles. The van der Waals surface area contributed by atoms with E-state index in [2.05, 4.69) is 0 Å². The SMILES string of the molecule is O=C1C(=Cc2cccc(OCc3ccc(Cl)cc3)c2)SC(=S)N1Cc1ccco1. The summed E-state index contributed by atoms with van der Waals surface area (Å²) in [6, 6.07) is 18.7. The van der Waals surface area contributed by atoms with Gasteiger partial charge in [-0.05, 0) is 53.6 Å². The van der Waals surface area contributed by atoms with Gasteiger partial charge in [-0.3, -0.25) is 9.69 Å². The highest BCUT2D eigenvalue weighted by atomic mass is 35.5. The highest BCUT2D eigenvalue weighted by molar-refractivity contribution is 8.26. The van der Waals surface area contributed by atoms with Gasteiger partial charge in [-0.2, -0.15) is 0 Å². The van der Waals surface area contributed by atoms with E-state index in [0.29, 0.717) is 33.2 Å². The highest BCUT2D eigenvalue weighted by Crippen LogP contribution is 2.34. The largest absolute Gasteiger partial charge is 0.489 e. The quantitative estimate of drug-likeness (QED) is 0.351. The zero-order chi connectivity index (χ0) is 20.2. The van der Waals surface area contributed by atoms with Crippen LogP contribution in [0, 0.1) is 0 Å². The number of carbonyl (C=O) groups is 1. The van der Waals surface area contributed by atoms with Crippen molar-refractivity contribution in [3.63, 3.8) is 0 Å². The van der Waals surface area contributed by atoms with Crippen molar-refractivity contribution < 1.29 is 13.9 Å². The van der Waals surface area contributed by atoms with Crippen LogP contribution < -0.4 is 4.74 Å². The molecule has 1 aliphatic heterocycles. The predicted octanol–water partition coefficient (Wildman–Crippen LogP) is 5.91. The van der Waals surface area contributed by atoms with Crippen molar-refractivity contribution in [3.05, 3.63) is 93.7 Å². The van der Waals surface area contributed by atoms with Crippen molar-refractivity contribution in [2.24, 2.45) is 0 Å². The number of hydrogen-bond acceptors (Lipinski definition) is 5. The number of halogens is 1. The zero-order valence-corrected chi connectivity index (χ0v) is 17.6. The molecule has 0 atom stereocenters. The summed E-state index contributed by atoms with van der Waals surface area (Å²) >= 11 is 12.6. The summed E-state index contributed by atoms with van der Waals surface area (Å²) in [5.74, 6) is 1.30. The van der Waals surface area contributed by atoms with E-state index < -0.39 is 0 Å². The molecule has 0 unspecified atom stereocenters. The first-order chi connectivity index (χ1) is 14.1. The predicted molar refractivity (Wildman–Crippen MR) is 120 cm³/mol. The van der Waals surface area contributed by atoms with Crippen LogP contribution in [0.25, 0.3) is 6.08 Å². The molecule has 0 radical (unpaired) electrons. The second-order valence-corrected chi connectivity index (χ2v) is 8.45. The van der Waals surface area contributed by atoms with Crippen LogP contribution in [0.2, 0.25) is 5.02 Å². The van der Waals surface area contributed by atoms with E-state index in [1.165, 1.54) is 11.8 Å². The minimum absolute atomic E-state index is 0.121. The number of hydrogen-bond donors (Lipinski definition) is 0. The number of thioether (sulfide) groups is 1. The third-order valence-electron chi connectivity index (χ3n) is 4.24. The van der Waals surface area contributed by atoms with Crippen LogP contribution in [-0.2, 0) is 17.9 Å². The number of furan rings is 1. The van der Waals surface area contributed by atoms with Crippen molar-refractivity contribution in [1.29, 1.82) is 0 Å². The molecule has 0 saturated carbocycles. The van der Waals surface area contributed by atoms with Gasteiger partial charge in [0.1, 0.15) is 22.4 Å². The molecule has 2 aromatic carbocycles. The van der Waals surface area contributed by atoms with Crippen LogP contribution in [0.15, 0.2) is 76.2 Å². The summed E-state index contributed by atoms with van der Waals surface area (Å²) in [5, 5.41) is 0.695. The summed E-state index contributed by atoms with van der Waals surface area (Å²) in [4.78, 5) is 14.9. The first kappa shape index (κ1) is 19.8. The minimum Gasteiger partial charge on any atom is -0.489 e. The lowest BCUT2D eigenvalue weighted by Crippen LogP contribution is -2.27. The normalized spacial score (nSPS) is 15.3. The number of amides is 1. The van der Waals surface area contributed by atoms with Crippen LogP contribution in [0.3, 0.4) is 0 Å². The summed E-state index contributed by atoms with van der Waals surface area (Å²) in [6.07, 6.45) is 3.41. The van der Waals surface area contributed by atoms with Crippen molar-refractivity contribution in [1.82, 2.24) is 4.90 Å². The fourth-order valence-electron chi connectivity index (χ4n) is 2.79. The molecule has 4 rings (SSSR count). The molecular weight excluding hydrogens is 426 g/mol. The second kappa shape index (κ2) is 8.86. The van der Waals surface area contributed by atoms with Gasteiger partial charge < -0.3 is 9.15 Å². The van der Waals surface area contributed by atoms with Gasteiger partial charge in [-0.25, -0.2) is 0 Å². The molecule has 1 saturated heterocycles. The van der Waals surface area contributed by atoms with Gasteiger partial charge in [-0.15, -0.1) is 0 Å². The average molecular weight is 442 g/mol. The van der Waals surface area contributed by atoms with Crippen LogP contribution in [-0.4, -0.2) is 15.1 Å². The van der Waals surface area contributed by atoms with Gasteiger partial charge in [0, 0.05) is 5.02 Å². The molecule has 29 heavy (non-hydrogen) atoms. The van der Waals surface area contributed by atoms with Gasteiger partial charge in [0.25, 0.3) is 5.91 Å². The Bertz CT molecular complexity index is 1060. The number of thiocarbonyl (C=S) groups is 1. The number of nitrogens with zero attached hydrogens (tertiary/aromatic N) is 1. The molecule has 4 nitrogen and oxygen atoms in total. The Hall–Kier alpha value is -2.54. The van der Waals surface area contributed by atoms with Gasteiger partial charge in [-0.1, -0.05) is 59.8 Å². The van der Waals surface area contributed by atoms with Gasteiger partial charge in [0.15, 0.2) is 0 Å². The fraction of sp³-hybridized carbons (Fsp3) is 0.0909. The van der Waals surface area contributed by atoms with E-state index in [4.69, 9.17) is 33.0 Å². The number of rotatable bonds is 6. The van der Waals surface area contributed by atoms with Gasteiger partial charge >= 0.3 is 0 Å². The first-order valence-corrected chi connectivity index (χ1v) is 10.4. The van der Waals surface area contributed by atoms with Gasteiger partial charge in [0.05, 0.1) is 17.7 Å². The minimum atomic E-state index is -0.121. The third-order valence-corrected chi connectivity index (χ3v) is 5.87.